The van der Waals surface area contributed by atoms with Crippen molar-refractivity contribution in [1.29, 1.82) is 0 Å². The summed E-state index contributed by atoms with van der Waals surface area (Å²) >= 11 is 0. The lowest BCUT2D eigenvalue weighted by Gasteiger charge is -2.28. The summed E-state index contributed by atoms with van der Waals surface area (Å²) in [6.45, 7) is 1.62. The van der Waals surface area contributed by atoms with Gasteiger partial charge < -0.3 is 14.4 Å². The number of carbonyl (C=O) groups excluding carboxylic acids is 1. The van der Waals surface area contributed by atoms with Crippen LogP contribution >= 0.6 is 0 Å². The molecule has 0 unspecified atom stereocenters. The molecule has 0 atom stereocenters. The van der Waals surface area contributed by atoms with E-state index in [2.05, 4.69) is 10.1 Å². The van der Waals surface area contributed by atoms with Crippen LogP contribution in [0.5, 0.6) is 11.6 Å². The molecule has 1 amide bonds. The van der Waals surface area contributed by atoms with Crippen molar-refractivity contribution in [3.05, 3.63) is 71.2 Å². The Morgan fingerprint density at radius 2 is 2.10 bits per heavy atom. The largest absolute Gasteiger partial charge is 0.497 e. The summed E-state index contributed by atoms with van der Waals surface area (Å²) in [7, 11) is 3.60. The number of hydrogen-bond donors (Lipinski definition) is 0. The highest BCUT2D eigenvalue weighted by Gasteiger charge is 2.26. The molecule has 0 saturated carbocycles. The zero-order valence-corrected chi connectivity index (χ0v) is 17.4. The second-order valence-corrected chi connectivity index (χ2v) is 7.37. The van der Waals surface area contributed by atoms with Gasteiger partial charge in [0.05, 0.1) is 7.11 Å². The van der Waals surface area contributed by atoms with Crippen LogP contribution in [0.1, 0.15) is 28.9 Å². The molecule has 2 aromatic heterocycles. The molecule has 3 aromatic rings. The smallest absolute Gasteiger partial charge is 0.223 e. The predicted molar refractivity (Wildman–Crippen MR) is 112 cm³/mol. The first-order valence-corrected chi connectivity index (χ1v) is 10.1. The summed E-state index contributed by atoms with van der Waals surface area (Å²) in [4.78, 5) is 19.0. The van der Waals surface area contributed by atoms with Crippen molar-refractivity contribution < 1.29 is 14.3 Å². The van der Waals surface area contributed by atoms with E-state index in [1.165, 1.54) is 5.69 Å². The molecule has 0 bridgehead atoms. The summed E-state index contributed by atoms with van der Waals surface area (Å²) in [5.41, 5.74) is 4.23. The summed E-state index contributed by atoms with van der Waals surface area (Å²) < 4.78 is 13.0. The second-order valence-electron chi connectivity index (χ2n) is 7.37. The van der Waals surface area contributed by atoms with E-state index in [9.17, 15) is 4.79 Å². The molecular weight excluding hydrogens is 380 g/mol. The van der Waals surface area contributed by atoms with E-state index in [0.29, 0.717) is 38.4 Å². The van der Waals surface area contributed by atoms with Gasteiger partial charge in [-0.3, -0.25) is 9.48 Å². The number of methoxy groups -OCH3 is 1. The predicted octanol–water partition coefficient (Wildman–Crippen LogP) is 2.92. The molecule has 0 N–H and O–H groups in total. The highest BCUT2D eigenvalue weighted by molar-refractivity contribution is 5.76. The Bertz CT molecular complexity index is 1020. The number of carbonyl (C=O) groups is 1. The highest BCUT2D eigenvalue weighted by Crippen LogP contribution is 2.24. The molecular formula is C23H26N4O3. The van der Waals surface area contributed by atoms with Crippen molar-refractivity contribution in [3.63, 3.8) is 0 Å². The molecule has 156 valence electrons. The van der Waals surface area contributed by atoms with E-state index < -0.39 is 0 Å². The maximum absolute atomic E-state index is 12.9. The zero-order valence-electron chi connectivity index (χ0n) is 17.4. The van der Waals surface area contributed by atoms with Gasteiger partial charge in [0.15, 0.2) is 0 Å². The molecule has 1 aromatic carbocycles. The number of nitrogens with zero attached hydrogens (tertiary/aromatic N) is 4. The van der Waals surface area contributed by atoms with E-state index in [1.54, 1.807) is 13.3 Å². The number of hydrogen-bond acceptors (Lipinski definition) is 5. The van der Waals surface area contributed by atoms with Crippen molar-refractivity contribution in [3.8, 4) is 11.6 Å². The number of pyridine rings is 1. The molecule has 0 fully saturated rings. The Balaban J connectivity index is 1.40. The van der Waals surface area contributed by atoms with Crippen molar-refractivity contribution >= 4 is 5.91 Å². The Morgan fingerprint density at radius 3 is 2.90 bits per heavy atom. The zero-order chi connectivity index (χ0) is 20.9. The minimum Gasteiger partial charge on any atom is -0.497 e. The molecule has 1 aliphatic rings. The maximum atomic E-state index is 12.9. The van der Waals surface area contributed by atoms with Gasteiger partial charge in [-0.1, -0.05) is 18.2 Å². The summed E-state index contributed by atoms with van der Waals surface area (Å²) in [6, 6.07) is 13.4. The van der Waals surface area contributed by atoms with Crippen LogP contribution in [-0.4, -0.2) is 39.2 Å². The second kappa shape index (κ2) is 8.98. The average molecular weight is 406 g/mol. The number of amides is 1. The van der Waals surface area contributed by atoms with E-state index in [0.717, 1.165) is 29.0 Å². The molecule has 1 aliphatic heterocycles. The van der Waals surface area contributed by atoms with Crippen LogP contribution in [0.2, 0.25) is 0 Å². The summed E-state index contributed by atoms with van der Waals surface area (Å²) in [5, 5.41) is 4.63. The Morgan fingerprint density at radius 1 is 1.20 bits per heavy atom. The van der Waals surface area contributed by atoms with Gasteiger partial charge in [-0.2, -0.15) is 5.10 Å². The van der Waals surface area contributed by atoms with Crippen LogP contribution in [0.3, 0.4) is 0 Å². The molecule has 30 heavy (non-hydrogen) atoms. The highest BCUT2D eigenvalue weighted by atomic mass is 16.5. The van der Waals surface area contributed by atoms with Gasteiger partial charge in [0.25, 0.3) is 0 Å². The number of rotatable bonds is 7. The molecule has 4 rings (SSSR count). The molecule has 0 radical (unpaired) electrons. The Kier molecular flexibility index (Phi) is 5.97. The normalized spacial score (nSPS) is 13.1. The fraction of sp³-hybridized carbons (Fsp3) is 0.348. The van der Waals surface area contributed by atoms with E-state index in [4.69, 9.17) is 9.47 Å². The third-order valence-corrected chi connectivity index (χ3v) is 5.43. The van der Waals surface area contributed by atoms with Crippen LogP contribution in [0, 0.1) is 0 Å². The van der Waals surface area contributed by atoms with Crippen molar-refractivity contribution in [2.24, 2.45) is 7.05 Å². The Hall–Kier alpha value is -3.35. The molecule has 7 heteroatoms. The number of aryl methyl sites for hydroxylation is 2. The lowest BCUT2D eigenvalue weighted by Crippen LogP contribution is -2.36. The number of benzene rings is 1. The molecule has 3 heterocycles. The van der Waals surface area contributed by atoms with Gasteiger partial charge in [0.2, 0.25) is 11.8 Å². The first-order chi connectivity index (χ1) is 14.6. The Labute approximate surface area is 176 Å². The monoisotopic (exact) mass is 406 g/mol. The fourth-order valence-electron chi connectivity index (χ4n) is 3.81. The van der Waals surface area contributed by atoms with Gasteiger partial charge in [-0.15, -0.1) is 0 Å². The van der Waals surface area contributed by atoms with Crippen molar-refractivity contribution in [1.82, 2.24) is 19.7 Å². The maximum Gasteiger partial charge on any atom is 0.223 e. The van der Waals surface area contributed by atoms with Crippen molar-refractivity contribution in [2.75, 3.05) is 13.7 Å². The fourth-order valence-corrected chi connectivity index (χ4v) is 3.81. The van der Waals surface area contributed by atoms with E-state index in [1.807, 2.05) is 59.1 Å². The minimum absolute atomic E-state index is 0.156. The lowest BCUT2D eigenvalue weighted by atomic mass is 10.0. The van der Waals surface area contributed by atoms with Gasteiger partial charge in [-0.05, 0) is 30.2 Å². The molecule has 0 spiro atoms. The number of ether oxygens (including phenoxy) is 2. The van der Waals surface area contributed by atoms with Gasteiger partial charge in [0.1, 0.15) is 18.1 Å². The quantitative estimate of drug-likeness (QED) is 0.603. The van der Waals surface area contributed by atoms with E-state index in [-0.39, 0.29) is 5.91 Å². The van der Waals surface area contributed by atoms with Crippen LogP contribution in [0.15, 0.2) is 48.7 Å². The van der Waals surface area contributed by atoms with Crippen molar-refractivity contribution in [2.45, 2.75) is 32.4 Å². The van der Waals surface area contributed by atoms with Crippen LogP contribution in [0.25, 0.3) is 0 Å². The molecule has 7 nitrogen and oxygen atoms in total. The van der Waals surface area contributed by atoms with Gasteiger partial charge in [0, 0.05) is 56.5 Å². The summed E-state index contributed by atoms with van der Waals surface area (Å²) in [6.07, 6.45) is 3.67. The topological polar surface area (TPSA) is 69.5 Å². The first-order valence-electron chi connectivity index (χ1n) is 10.1. The lowest BCUT2D eigenvalue weighted by molar-refractivity contribution is -0.132. The number of fused-ring (bicyclic) bond motifs is 1. The molecule has 0 aliphatic carbocycles. The van der Waals surface area contributed by atoms with Crippen LogP contribution in [-0.2, 0) is 37.8 Å². The van der Waals surface area contributed by atoms with Gasteiger partial charge in [-0.25, -0.2) is 4.98 Å². The summed E-state index contributed by atoms with van der Waals surface area (Å²) in [5.74, 6) is 1.54. The van der Waals surface area contributed by atoms with Crippen LogP contribution < -0.4 is 9.47 Å². The SMILES string of the molecule is COc1cccc(CCC(=O)N2CCc3c(c(COc4ccccn4)nn3C)C2)c1. The van der Waals surface area contributed by atoms with Crippen LogP contribution in [0.4, 0.5) is 0 Å². The minimum atomic E-state index is 0.156. The van der Waals surface area contributed by atoms with E-state index >= 15 is 0 Å². The number of aromatic nitrogens is 3. The average Bonchev–Trinajstić information content (AvgIpc) is 3.11. The first kappa shape index (κ1) is 19.9. The molecule has 0 saturated heterocycles. The third-order valence-electron chi connectivity index (χ3n) is 5.43. The third kappa shape index (κ3) is 4.45. The standard InChI is InChI=1S/C23H26N4O3/c1-26-21-11-13-27(23(28)10-9-17-6-5-7-18(14-17)29-2)15-19(21)20(25-26)16-30-22-8-3-4-12-24-22/h3-8,12,14H,9-11,13,15-16H2,1-2H3. The van der Waals surface area contributed by atoms with Gasteiger partial charge >= 0.3 is 0 Å².